The second kappa shape index (κ2) is 7.83. The van der Waals surface area contributed by atoms with Gasteiger partial charge < -0.3 is 15.3 Å². The van der Waals surface area contributed by atoms with Crippen LogP contribution in [0.5, 0.6) is 0 Å². The van der Waals surface area contributed by atoms with E-state index < -0.39 is 5.91 Å². The molecule has 0 bridgehead atoms. The number of carbonyl (C=O) groups excluding carboxylic acids is 1. The molecule has 2 N–H and O–H groups in total. The van der Waals surface area contributed by atoms with Crippen molar-refractivity contribution in [3.05, 3.63) is 51.9 Å². The van der Waals surface area contributed by atoms with Gasteiger partial charge in [-0.05, 0) is 37.1 Å². The van der Waals surface area contributed by atoms with Crippen molar-refractivity contribution in [2.45, 2.75) is 26.7 Å². The molecule has 0 radical (unpaired) electrons. The van der Waals surface area contributed by atoms with Crippen LogP contribution in [0.1, 0.15) is 32.3 Å². The normalized spacial score (nSPS) is 16.9. The summed E-state index contributed by atoms with van der Waals surface area (Å²) in [5.41, 5.74) is 1.61. The number of nitrogens with one attached hydrogen (secondary N) is 1. The van der Waals surface area contributed by atoms with Crippen LogP contribution in [0.3, 0.4) is 0 Å². The van der Waals surface area contributed by atoms with Gasteiger partial charge in [-0.25, -0.2) is 0 Å². The van der Waals surface area contributed by atoms with Gasteiger partial charge in [0.25, 0.3) is 5.91 Å². The molecule has 1 aliphatic rings. The van der Waals surface area contributed by atoms with E-state index in [1.807, 2.05) is 6.92 Å². The molecular formula is C17H19ClN2O3. The van der Waals surface area contributed by atoms with Crippen LogP contribution in [0.25, 0.3) is 6.08 Å². The van der Waals surface area contributed by atoms with Crippen molar-refractivity contribution in [2.75, 3.05) is 6.61 Å². The van der Waals surface area contributed by atoms with Crippen molar-refractivity contribution in [1.82, 2.24) is 5.32 Å². The van der Waals surface area contributed by atoms with E-state index in [9.17, 15) is 9.90 Å². The van der Waals surface area contributed by atoms with Gasteiger partial charge >= 0.3 is 0 Å². The van der Waals surface area contributed by atoms with Crippen molar-refractivity contribution >= 4 is 29.3 Å². The van der Waals surface area contributed by atoms with Crippen LogP contribution < -0.4 is 5.32 Å². The number of unbranched alkanes of at least 4 members (excludes halogenated alkanes) is 1. The molecule has 1 aromatic rings. The van der Waals surface area contributed by atoms with E-state index in [0.717, 1.165) is 18.4 Å². The molecule has 0 saturated heterocycles. The Morgan fingerprint density at radius 1 is 1.39 bits per heavy atom. The summed E-state index contributed by atoms with van der Waals surface area (Å²) in [6.07, 6.45) is 3.55. The lowest BCUT2D eigenvalue weighted by molar-refractivity contribution is -0.115. The number of oxime groups is 1. The van der Waals surface area contributed by atoms with Crippen LogP contribution in [0.4, 0.5) is 0 Å². The average Bonchev–Trinajstić information content (AvgIpc) is 2.80. The smallest absolute Gasteiger partial charge is 0.261 e. The molecule has 0 saturated carbocycles. The molecule has 1 aliphatic heterocycles. The van der Waals surface area contributed by atoms with E-state index in [0.29, 0.717) is 23.0 Å². The highest BCUT2D eigenvalue weighted by atomic mass is 35.5. The molecule has 0 fully saturated rings. The number of halogens is 1. The maximum absolute atomic E-state index is 12.0. The number of hydrogen-bond donors (Lipinski definition) is 2. The number of amides is 1. The summed E-state index contributed by atoms with van der Waals surface area (Å²) in [6.45, 7) is 4.16. The topological polar surface area (TPSA) is 70.9 Å². The number of carbonyl (C=O) groups is 1. The minimum absolute atomic E-state index is 0.127. The molecule has 0 aliphatic carbocycles. The zero-order chi connectivity index (χ0) is 16.8. The van der Waals surface area contributed by atoms with Crippen LogP contribution in [-0.4, -0.2) is 23.3 Å². The summed E-state index contributed by atoms with van der Waals surface area (Å²) in [7, 11) is 0. The first-order valence-electron chi connectivity index (χ1n) is 7.42. The highest BCUT2D eigenvalue weighted by molar-refractivity contribution is 6.30. The number of hydrogen-bond acceptors (Lipinski definition) is 4. The predicted octanol–water partition coefficient (Wildman–Crippen LogP) is 3.82. The zero-order valence-electron chi connectivity index (χ0n) is 13.1. The van der Waals surface area contributed by atoms with Crippen molar-refractivity contribution in [1.29, 1.82) is 0 Å². The van der Waals surface area contributed by atoms with Gasteiger partial charge in [0.15, 0.2) is 5.76 Å². The fourth-order valence-electron chi connectivity index (χ4n) is 2.05. The first-order valence-corrected chi connectivity index (χ1v) is 7.80. The number of aliphatic hydroxyl groups is 1. The lowest BCUT2D eigenvalue weighted by Crippen LogP contribution is -2.19. The van der Waals surface area contributed by atoms with Crippen molar-refractivity contribution in [3.63, 3.8) is 0 Å². The first-order chi connectivity index (χ1) is 11.0. The molecule has 2 rings (SSSR count). The molecule has 5 nitrogen and oxygen atoms in total. The summed E-state index contributed by atoms with van der Waals surface area (Å²) < 4.78 is 0. The van der Waals surface area contributed by atoms with Crippen LogP contribution in [0.2, 0.25) is 5.02 Å². The average molecular weight is 335 g/mol. The standard InChI is InChI=1S/C17H19ClN2O3/c1-3-4-9-23-20-11(2)15-16(21)14(19-17(15)22)10-12-5-7-13(18)8-6-12/h5-8,10,21H,3-4,9H2,1-2H3,(H,19,22)/b14-10-,20-11+. The lowest BCUT2D eigenvalue weighted by Gasteiger charge is -2.01. The number of aliphatic hydroxyl groups excluding tert-OH is 1. The second-order valence-electron chi connectivity index (χ2n) is 5.15. The molecule has 6 heteroatoms. The monoisotopic (exact) mass is 334 g/mol. The Balaban J connectivity index is 2.20. The van der Waals surface area contributed by atoms with Gasteiger partial charge in [0.1, 0.15) is 12.2 Å². The zero-order valence-corrected chi connectivity index (χ0v) is 13.9. The highest BCUT2D eigenvalue weighted by Gasteiger charge is 2.29. The molecule has 23 heavy (non-hydrogen) atoms. The quantitative estimate of drug-likeness (QED) is 0.472. The Morgan fingerprint density at radius 3 is 2.74 bits per heavy atom. The Bertz CT molecular complexity index is 676. The van der Waals surface area contributed by atoms with Crippen molar-refractivity contribution < 1.29 is 14.7 Å². The minimum Gasteiger partial charge on any atom is -0.505 e. The first kappa shape index (κ1) is 17.1. The third-order valence-corrected chi connectivity index (χ3v) is 3.55. The Hall–Kier alpha value is -2.27. The third-order valence-electron chi connectivity index (χ3n) is 3.30. The van der Waals surface area contributed by atoms with Gasteiger partial charge in [0.05, 0.1) is 11.4 Å². The van der Waals surface area contributed by atoms with E-state index >= 15 is 0 Å². The third kappa shape index (κ3) is 4.36. The number of benzene rings is 1. The fourth-order valence-corrected chi connectivity index (χ4v) is 2.17. The van der Waals surface area contributed by atoms with E-state index in [-0.39, 0.29) is 11.3 Å². The second-order valence-corrected chi connectivity index (χ2v) is 5.59. The number of nitrogens with zero attached hydrogens (tertiary/aromatic N) is 1. The largest absolute Gasteiger partial charge is 0.505 e. The highest BCUT2D eigenvalue weighted by Crippen LogP contribution is 2.22. The fraction of sp³-hybridized carbons (Fsp3) is 0.294. The molecular weight excluding hydrogens is 316 g/mol. The van der Waals surface area contributed by atoms with Crippen LogP contribution in [0, 0.1) is 0 Å². The van der Waals surface area contributed by atoms with Gasteiger partial charge in [-0.3, -0.25) is 4.79 Å². The van der Waals surface area contributed by atoms with E-state index in [1.54, 1.807) is 37.3 Å². The molecule has 1 aromatic carbocycles. The van der Waals surface area contributed by atoms with Gasteiger partial charge in [0, 0.05) is 5.02 Å². The van der Waals surface area contributed by atoms with E-state index in [2.05, 4.69) is 10.5 Å². The molecule has 0 atom stereocenters. The van der Waals surface area contributed by atoms with Crippen LogP contribution >= 0.6 is 11.6 Å². The number of rotatable bonds is 6. The summed E-state index contributed by atoms with van der Waals surface area (Å²) in [6, 6.07) is 7.06. The van der Waals surface area contributed by atoms with Gasteiger partial charge in [-0.2, -0.15) is 0 Å². The minimum atomic E-state index is -0.400. The van der Waals surface area contributed by atoms with Crippen molar-refractivity contribution in [3.8, 4) is 0 Å². The maximum atomic E-state index is 12.0. The Kier molecular flexibility index (Phi) is 5.82. The summed E-state index contributed by atoms with van der Waals surface area (Å²) in [4.78, 5) is 17.2. The molecule has 1 amide bonds. The molecule has 0 spiro atoms. The molecule has 0 aromatic heterocycles. The molecule has 1 heterocycles. The molecule has 0 unspecified atom stereocenters. The van der Waals surface area contributed by atoms with Crippen LogP contribution in [0.15, 0.2) is 46.5 Å². The Labute approximate surface area is 140 Å². The van der Waals surface area contributed by atoms with Gasteiger partial charge in [-0.15, -0.1) is 0 Å². The van der Waals surface area contributed by atoms with E-state index in [1.165, 1.54) is 0 Å². The van der Waals surface area contributed by atoms with Gasteiger partial charge in [-0.1, -0.05) is 42.2 Å². The van der Waals surface area contributed by atoms with Gasteiger partial charge in [0.2, 0.25) is 0 Å². The SMILES string of the molecule is CCCCO/N=C(\C)C1=C(O)/C(=C/c2ccc(Cl)cc2)NC1=O. The lowest BCUT2D eigenvalue weighted by atomic mass is 10.1. The van der Waals surface area contributed by atoms with E-state index in [4.69, 9.17) is 16.4 Å². The molecule has 122 valence electrons. The van der Waals surface area contributed by atoms with Crippen molar-refractivity contribution in [2.24, 2.45) is 5.16 Å². The maximum Gasteiger partial charge on any atom is 0.261 e. The Morgan fingerprint density at radius 2 is 2.09 bits per heavy atom. The van der Waals surface area contributed by atoms with Crippen LogP contribution in [-0.2, 0) is 9.63 Å². The summed E-state index contributed by atoms with van der Waals surface area (Å²) >= 11 is 5.84. The summed E-state index contributed by atoms with van der Waals surface area (Å²) in [5.74, 6) is -0.534. The predicted molar refractivity (Wildman–Crippen MR) is 91.2 cm³/mol. The summed E-state index contributed by atoms with van der Waals surface area (Å²) in [5, 5.41) is 17.4.